The summed E-state index contributed by atoms with van der Waals surface area (Å²) < 4.78 is 5.38. The van der Waals surface area contributed by atoms with Gasteiger partial charge in [-0.2, -0.15) is 5.26 Å². The van der Waals surface area contributed by atoms with E-state index in [-0.39, 0.29) is 0 Å². The molecule has 0 atom stereocenters. The number of hydrogen-bond acceptors (Lipinski definition) is 3. The second-order valence-corrected chi connectivity index (χ2v) is 4.01. The van der Waals surface area contributed by atoms with Crippen molar-refractivity contribution < 1.29 is 9.53 Å². The van der Waals surface area contributed by atoms with Crippen molar-refractivity contribution in [2.75, 3.05) is 0 Å². The number of rotatable bonds is 3. The van der Waals surface area contributed by atoms with Gasteiger partial charge in [0.15, 0.2) is 11.9 Å². The van der Waals surface area contributed by atoms with Crippen LogP contribution in [-0.2, 0) is 4.79 Å². The molecule has 0 spiro atoms. The average molecular weight is 224 g/mol. The van der Waals surface area contributed by atoms with Gasteiger partial charge in [-0.05, 0) is 32.0 Å². The van der Waals surface area contributed by atoms with Gasteiger partial charge in [-0.25, -0.2) is 0 Å². The van der Waals surface area contributed by atoms with Gasteiger partial charge in [-0.15, -0.1) is 0 Å². The minimum Gasteiger partial charge on any atom is -0.479 e. The smallest absolute Gasteiger partial charge is 0.162 e. The number of halogens is 1. The molecule has 0 saturated carbocycles. The van der Waals surface area contributed by atoms with Crippen LogP contribution in [0.2, 0.25) is 5.02 Å². The quantitative estimate of drug-likeness (QED) is 0.740. The summed E-state index contributed by atoms with van der Waals surface area (Å²) in [6, 6.07) is 6.64. The van der Waals surface area contributed by atoms with Gasteiger partial charge in [0, 0.05) is 5.02 Å². The van der Waals surface area contributed by atoms with Gasteiger partial charge in [0.1, 0.15) is 11.8 Å². The standard InChI is InChI=1S/C11H10ClNO2/c1-11(2,7-14)15-10-4-3-9(12)5-8(10)6-13/h3-5,7H,1-2H3. The SMILES string of the molecule is CC(C)(C=O)Oc1ccc(Cl)cc1C#N. The summed E-state index contributed by atoms with van der Waals surface area (Å²) in [4.78, 5) is 10.7. The topological polar surface area (TPSA) is 50.1 Å². The van der Waals surface area contributed by atoms with E-state index in [4.69, 9.17) is 21.6 Å². The van der Waals surface area contributed by atoms with E-state index in [1.807, 2.05) is 6.07 Å². The molecule has 0 unspecified atom stereocenters. The Morgan fingerprint density at radius 1 is 1.53 bits per heavy atom. The maximum Gasteiger partial charge on any atom is 0.162 e. The van der Waals surface area contributed by atoms with Crippen molar-refractivity contribution in [2.24, 2.45) is 0 Å². The third-order valence-corrected chi connectivity index (χ3v) is 1.95. The van der Waals surface area contributed by atoms with E-state index < -0.39 is 5.60 Å². The van der Waals surface area contributed by atoms with Crippen LogP contribution in [0.4, 0.5) is 0 Å². The molecule has 15 heavy (non-hydrogen) atoms. The number of aldehydes is 1. The number of carbonyl (C=O) groups excluding carboxylic acids is 1. The van der Waals surface area contributed by atoms with Crippen molar-refractivity contribution in [3.05, 3.63) is 28.8 Å². The normalized spacial score (nSPS) is 10.5. The molecule has 0 heterocycles. The molecule has 0 N–H and O–H groups in total. The van der Waals surface area contributed by atoms with Crippen LogP contribution in [0.3, 0.4) is 0 Å². The zero-order valence-electron chi connectivity index (χ0n) is 8.45. The summed E-state index contributed by atoms with van der Waals surface area (Å²) >= 11 is 5.72. The molecule has 1 aromatic carbocycles. The van der Waals surface area contributed by atoms with Crippen LogP contribution in [-0.4, -0.2) is 11.9 Å². The average Bonchev–Trinajstić information content (AvgIpc) is 2.20. The molecule has 0 aliphatic heterocycles. The lowest BCUT2D eigenvalue weighted by Gasteiger charge is -2.20. The molecule has 0 radical (unpaired) electrons. The fourth-order valence-electron chi connectivity index (χ4n) is 0.986. The predicted octanol–water partition coefficient (Wildman–Crippen LogP) is 2.57. The van der Waals surface area contributed by atoms with Gasteiger partial charge in [-0.1, -0.05) is 11.6 Å². The minimum absolute atomic E-state index is 0.317. The third-order valence-electron chi connectivity index (χ3n) is 1.72. The van der Waals surface area contributed by atoms with E-state index in [0.29, 0.717) is 22.6 Å². The van der Waals surface area contributed by atoms with Gasteiger partial charge in [0.2, 0.25) is 0 Å². The van der Waals surface area contributed by atoms with Crippen LogP contribution in [0.15, 0.2) is 18.2 Å². The number of ether oxygens (including phenoxy) is 1. The lowest BCUT2D eigenvalue weighted by Crippen LogP contribution is -2.30. The van der Waals surface area contributed by atoms with Gasteiger partial charge < -0.3 is 4.74 Å². The number of carbonyl (C=O) groups is 1. The van der Waals surface area contributed by atoms with Crippen molar-refractivity contribution in [1.29, 1.82) is 5.26 Å². The van der Waals surface area contributed by atoms with Gasteiger partial charge in [0.25, 0.3) is 0 Å². The highest BCUT2D eigenvalue weighted by molar-refractivity contribution is 6.30. The van der Waals surface area contributed by atoms with Crippen LogP contribution < -0.4 is 4.74 Å². The zero-order chi connectivity index (χ0) is 11.5. The van der Waals surface area contributed by atoms with Crippen molar-refractivity contribution in [3.63, 3.8) is 0 Å². The summed E-state index contributed by atoms with van der Waals surface area (Å²) in [5.41, 5.74) is -0.628. The molecule has 1 rings (SSSR count). The number of benzene rings is 1. The maximum absolute atomic E-state index is 10.7. The molecule has 0 fully saturated rings. The number of hydrogen-bond donors (Lipinski definition) is 0. The van der Waals surface area contributed by atoms with Crippen molar-refractivity contribution in [3.8, 4) is 11.8 Å². The fourth-order valence-corrected chi connectivity index (χ4v) is 1.16. The molecule has 4 heteroatoms. The van der Waals surface area contributed by atoms with E-state index >= 15 is 0 Å². The lowest BCUT2D eigenvalue weighted by atomic mass is 10.1. The van der Waals surface area contributed by atoms with Crippen molar-refractivity contribution in [1.82, 2.24) is 0 Å². The largest absolute Gasteiger partial charge is 0.479 e. The first-order valence-corrected chi connectivity index (χ1v) is 4.71. The summed E-state index contributed by atoms with van der Waals surface area (Å²) in [5, 5.41) is 9.30. The van der Waals surface area contributed by atoms with Crippen LogP contribution in [0.1, 0.15) is 19.4 Å². The third kappa shape index (κ3) is 2.97. The molecule has 0 amide bonds. The first kappa shape index (κ1) is 11.5. The molecular weight excluding hydrogens is 214 g/mol. The molecule has 0 aliphatic carbocycles. The van der Waals surface area contributed by atoms with Gasteiger partial charge in [-0.3, -0.25) is 4.79 Å². The second kappa shape index (κ2) is 4.33. The Morgan fingerprint density at radius 2 is 2.20 bits per heavy atom. The van der Waals surface area contributed by atoms with Crippen molar-refractivity contribution in [2.45, 2.75) is 19.4 Å². The Bertz CT molecular complexity index is 421. The van der Waals surface area contributed by atoms with E-state index in [2.05, 4.69) is 0 Å². The number of nitriles is 1. The van der Waals surface area contributed by atoms with Gasteiger partial charge >= 0.3 is 0 Å². The van der Waals surface area contributed by atoms with E-state index in [1.54, 1.807) is 26.0 Å². The highest BCUT2D eigenvalue weighted by Gasteiger charge is 2.20. The maximum atomic E-state index is 10.7. The molecule has 78 valence electrons. The Hall–Kier alpha value is -1.53. The minimum atomic E-state index is -0.945. The molecule has 3 nitrogen and oxygen atoms in total. The fraction of sp³-hybridized carbons (Fsp3) is 0.273. The summed E-state index contributed by atoms with van der Waals surface area (Å²) in [7, 11) is 0. The lowest BCUT2D eigenvalue weighted by molar-refractivity contribution is -0.119. The van der Waals surface area contributed by atoms with Crippen LogP contribution in [0, 0.1) is 11.3 Å². The Kier molecular flexibility index (Phi) is 3.33. The highest BCUT2D eigenvalue weighted by atomic mass is 35.5. The van der Waals surface area contributed by atoms with Crippen LogP contribution >= 0.6 is 11.6 Å². The van der Waals surface area contributed by atoms with E-state index in [0.717, 1.165) is 0 Å². The zero-order valence-corrected chi connectivity index (χ0v) is 9.21. The molecule has 0 aliphatic rings. The summed E-state index contributed by atoms with van der Waals surface area (Å²) in [6.07, 6.45) is 0.683. The first-order chi connectivity index (χ1) is 6.98. The van der Waals surface area contributed by atoms with Crippen LogP contribution in [0.5, 0.6) is 5.75 Å². The van der Waals surface area contributed by atoms with E-state index in [9.17, 15) is 4.79 Å². The molecular formula is C11H10ClNO2. The monoisotopic (exact) mass is 223 g/mol. The molecule has 0 aromatic heterocycles. The predicted molar refractivity (Wildman–Crippen MR) is 56.9 cm³/mol. The molecule has 0 saturated heterocycles. The Morgan fingerprint density at radius 3 is 2.73 bits per heavy atom. The highest BCUT2D eigenvalue weighted by Crippen LogP contribution is 2.25. The molecule has 1 aromatic rings. The number of nitrogens with zero attached hydrogens (tertiary/aromatic N) is 1. The second-order valence-electron chi connectivity index (χ2n) is 3.58. The Balaban J connectivity index is 3.06. The van der Waals surface area contributed by atoms with Crippen LogP contribution in [0.25, 0.3) is 0 Å². The molecule has 0 bridgehead atoms. The van der Waals surface area contributed by atoms with Crippen molar-refractivity contribution >= 4 is 17.9 Å². The van der Waals surface area contributed by atoms with E-state index in [1.165, 1.54) is 6.07 Å². The summed E-state index contributed by atoms with van der Waals surface area (Å²) in [5.74, 6) is 0.360. The Labute approximate surface area is 93.2 Å². The summed E-state index contributed by atoms with van der Waals surface area (Å²) in [6.45, 7) is 3.24. The first-order valence-electron chi connectivity index (χ1n) is 4.33. The van der Waals surface area contributed by atoms with Gasteiger partial charge in [0.05, 0.1) is 5.56 Å².